The minimum absolute atomic E-state index is 0.136. The first kappa shape index (κ1) is 24.4. The summed E-state index contributed by atoms with van der Waals surface area (Å²) in [5, 5.41) is 23.2. The van der Waals surface area contributed by atoms with Crippen LogP contribution in [0.25, 0.3) is 0 Å². The van der Waals surface area contributed by atoms with Gasteiger partial charge in [-0.2, -0.15) is 5.26 Å². The minimum atomic E-state index is -0.281. The number of rotatable bonds is 6. The average Bonchev–Trinajstić information content (AvgIpc) is 3.43. The van der Waals surface area contributed by atoms with Gasteiger partial charge in [-0.05, 0) is 79.3 Å². The highest BCUT2D eigenvalue weighted by molar-refractivity contribution is 6.35. The van der Waals surface area contributed by atoms with Crippen LogP contribution in [-0.2, 0) is 5.41 Å². The van der Waals surface area contributed by atoms with Gasteiger partial charge >= 0.3 is 6.03 Å². The summed E-state index contributed by atoms with van der Waals surface area (Å²) in [6, 6.07) is 15.3. The molecule has 0 spiro atoms. The summed E-state index contributed by atoms with van der Waals surface area (Å²) in [5.41, 5.74) is 2.69. The topological polar surface area (TPSA) is 79.6 Å². The van der Waals surface area contributed by atoms with Crippen LogP contribution < -0.4 is 5.32 Å². The summed E-state index contributed by atoms with van der Waals surface area (Å²) in [5.74, 6) is 0.514. The summed E-state index contributed by atoms with van der Waals surface area (Å²) in [7, 11) is 0. The number of amides is 2. The number of halogens is 2. The Morgan fingerprint density at radius 3 is 2.71 bits per heavy atom. The molecule has 0 radical (unpaired) electrons. The Morgan fingerprint density at radius 1 is 1.23 bits per heavy atom. The number of hydrogen-bond acceptors (Lipinski definition) is 4. The lowest BCUT2D eigenvalue weighted by molar-refractivity contribution is 0.142. The van der Waals surface area contributed by atoms with E-state index in [0.29, 0.717) is 40.3 Å². The summed E-state index contributed by atoms with van der Waals surface area (Å²) in [4.78, 5) is 17.7. The van der Waals surface area contributed by atoms with Gasteiger partial charge in [0.2, 0.25) is 0 Å². The molecular weight excluding hydrogens is 483 g/mol. The Hall–Kier alpha value is -2.30. The number of β-amino-alcohol motifs (C(OH)–C–C–N with tert-alkyl or cyclic N) is 1. The van der Waals surface area contributed by atoms with Crippen molar-refractivity contribution >= 4 is 34.9 Å². The van der Waals surface area contributed by atoms with E-state index in [1.165, 1.54) is 5.56 Å². The van der Waals surface area contributed by atoms with Gasteiger partial charge in [0.05, 0.1) is 17.7 Å². The lowest BCUT2D eigenvalue weighted by atomic mass is 9.80. The maximum atomic E-state index is 13.5. The number of carbonyl (C=O) groups excluding carboxylic acids is 1. The number of fused-ring (bicyclic) bond motifs is 1. The van der Waals surface area contributed by atoms with Gasteiger partial charge in [-0.1, -0.05) is 35.3 Å². The Labute approximate surface area is 216 Å². The SMILES string of the molecule is N#Cc1cccc([C@@]23CC[C@@H](N(CCN4CC[C@@H](O)C4)C(=O)Nc4cc(Cl)cc(Cl)c4)CC2C3)c1. The van der Waals surface area contributed by atoms with E-state index in [-0.39, 0.29) is 23.6 Å². The molecule has 2 N–H and O–H groups in total. The summed E-state index contributed by atoms with van der Waals surface area (Å²) in [6.45, 7) is 2.84. The van der Waals surface area contributed by atoms with Gasteiger partial charge < -0.3 is 15.3 Å². The molecule has 3 fully saturated rings. The molecule has 2 amide bonds. The first-order chi connectivity index (χ1) is 16.9. The fraction of sp³-hybridized carbons (Fsp3) is 0.481. The largest absolute Gasteiger partial charge is 0.392 e. The van der Waals surface area contributed by atoms with E-state index in [1.54, 1.807) is 18.2 Å². The Balaban J connectivity index is 1.30. The van der Waals surface area contributed by atoms with Crippen LogP contribution in [0.5, 0.6) is 0 Å². The second-order valence-electron chi connectivity index (χ2n) is 10.2. The number of likely N-dealkylation sites (tertiary alicyclic amines) is 1. The van der Waals surface area contributed by atoms with E-state index in [1.807, 2.05) is 23.1 Å². The molecule has 2 aromatic carbocycles. The molecule has 0 aromatic heterocycles. The van der Waals surface area contributed by atoms with Crippen LogP contribution in [0.4, 0.5) is 10.5 Å². The molecule has 1 unspecified atom stereocenters. The predicted octanol–water partition coefficient (Wildman–Crippen LogP) is 5.28. The zero-order valence-electron chi connectivity index (χ0n) is 19.6. The van der Waals surface area contributed by atoms with Gasteiger partial charge in [0.1, 0.15) is 0 Å². The number of nitrogens with zero attached hydrogens (tertiary/aromatic N) is 3. The number of anilines is 1. The molecule has 2 aromatic rings. The first-order valence-electron chi connectivity index (χ1n) is 12.3. The molecule has 8 heteroatoms. The number of carbonyl (C=O) groups is 1. The van der Waals surface area contributed by atoms with Crippen molar-refractivity contribution < 1.29 is 9.90 Å². The molecule has 2 aliphatic carbocycles. The third-order valence-corrected chi connectivity index (χ3v) is 8.44. The van der Waals surface area contributed by atoms with Crippen molar-refractivity contribution in [2.45, 2.75) is 49.7 Å². The molecule has 35 heavy (non-hydrogen) atoms. The normalized spacial score (nSPS) is 27.7. The highest BCUT2D eigenvalue weighted by Crippen LogP contribution is 2.62. The monoisotopic (exact) mass is 512 g/mol. The van der Waals surface area contributed by atoms with Crippen LogP contribution in [0.15, 0.2) is 42.5 Å². The smallest absolute Gasteiger partial charge is 0.322 e. The van der Waals surface area contributed by atoms with Crippen LogP contribution in [0.1, 0.15) is 43.2 Å². The number of hydrogen-bond donors (Lipinski definition) is 2. The molecule has 4 atom stereocenters. The van der Waals surface area contributed by atoms with E-state index in [9.17, 15) is 15.2 Å². The Kier molecular flexibility index (Phi) is 6.96. The van der Waals surface area contributed by atoms with Crippen molar-refractivity contribution in [3.8, 4) is 6.07 Å². The minimum Gasteiger partial charge on any atom is -0.392 e. The number of aliphatic hydroxyl groups is 1. The van der Waals surface area contributed by atoms with Crippen LogP contribution in [-0.4, -0.2) is 59.3 Å². The standard InChI is InChI=1S/C27H30Cl2N4O2/c28-21-12-22(29)14-23(13-21)31-26(35)33(9-8-32-7-5-25(34)17-32)24-4-6-27(15-20(27)11-24)19-3-1-2-18(10-19)16-30/h1-3,10,12-14,20,24-25,34H,4-9,11,15,17H2,(H,31,35)/t20?,24-,25-,27+/m1/s1. The molecule has 3 aliphatic rings. The van der Waals surface area contributed by atoms with E-state index >= 15 is 0 Å². The fourth-order valence-corrected chi connectivity index (χ4v) is 6.61. The number of aliphatic hydroxyl groups excluding tert-OH is 1. The van der Waals surface area contributed by atoms with E-state index in [2.05, 4.69) is 22.4 Å². The van der Waals surface area contributed by atoms with Gasteiger partial charge in [0, 0.05) is 48.0 Å². The number of nitriles is 1. The molecular formula is C27H30Cl2N4O2. The highest BCUT2D eigenvalue weighted by Gasteiger charge is 2.58. The van der Waals surface area contributed by atoms with Gasteiger partial charge in [-0.25, -0.2) is 4.79 Å². The molecule has 2 saturated carbocycles. The van der Waals surface area contributed by atoms with E-state index < -0.39 is 0 Å². The lowest BCUT2D eigenvalue weighted by Crippen LogP contribution is -2.48. The second kappa shape index (κ2) is 9.99. The van der Waals surface area contributed by atoms with Crippen molar-refractivity contribution in [1.29, 1.82) is 5.26 Å². The van der Waals surface area contributed by atoms with Gasteiger partial charge in [-0.3, -0.25) is 4.90 Å². The average molecular weight is 513 g/mol. The number of nitrogens with one attached hydrogen (secondary N) is 1. The van der Waals surface area contributed by atoms with Crippen molar-refractivity contribution in [3.63, 3.8) is 0 Å². The number of benzene rings is 2. The molecule has 1 saturated heterocycles. The summed E-state index contributed by atoms with van der Waals surface area (Å²) in [6.07, 6.45) is 4.48. The predicted molar refractivity (Wildman–Crippen MR) is 138 cm³/mol. The fourth-order valence-electron chi connectivity index (χ4n) is 6.08. The second-order valence-corrected chi connectivity index (χ2v) is 11.1. The molecule has 6 nitrogen and oxygen atoms in total. The van der Waals surface area contributed by atoms with E-state index in [0.717, 1.165) is 45.2 Å². The maximum absolute atomic E-state index is 13.5. The maximum Gasteiger partial charge on any atom is 0.322 e. The van der Waals surface area contributed by atoms with Crippen molar-refractivity contribution in [3.05, 3.63) is 63.6 Å². The first-order valence-corrected chi connectivity index (χ1v) is 13.1. The third-order valence-electron chi connectivity index (χ3n) is 8.00. The van der Waals surface area contributed by atoms with Gasteiger partial charge in [-0.15, -0.1) is 0 Å². The van der Waals surface area contributed by atoms with Crippen molar-refractivity contribution in [1.82, 2.24) is 9.80 Å². The van der Waals surface area contributed by atoms with Crippen LogP contribution in [0.2, 0.25) is 10.0 Å². The Bertz CT molecular complexity index is 1130. The molecule has 0 bridgehead atoms. The number of urea groups is 1. The zero-order valence-corrected chi connectivity index (χ0v) is 21.1. The molecule has 1 heterocycles. The highest BCUT2D eigenvalue weighted by atomic mass is 35.5. The quantitative estimate of drug-likeness (QED) is 0.551. The van der Waals surface area contributed by atoms with Crippen LogP contribution >= 0.6 is 23.2 Å². The molecule has 5 rings (SSSR count). The van der Waals surface area contributed by atoms with Gasteiger partial charge in [0.25, 0.3) is 0 Å². The summed E-state index contributed by atoms with van der Waals surface area (Å²) >= 11 is 12.3. The zero-order chi connectivity index (χ0) is 24.6. The van der Waals surface area contributed by atoms with E-state index in [4.69, 9.17) is 23.2 Å². The lowest BCUT2D eigenvalue weighted by Gasteiger charge is -2.37. The van der Waals surface area contributed by atoms with Crippen molar-refractivity contribution in [2.24, 2.45) is 5.92 Å². The van der Waals surface area contributed by atoms with Crippen molar-refractivity contribution in [2.75, 3.05) is 31.5 Å². The third kappa shape index (κ3) is 5.29. The summed E-state index contributed by atoms with van der Waals surface area (Å²) < 4.78 is 0. The Morgan fingerprint density at radius 2 is 2.03 bits per heavy atom. The molecule has 184 valence electrons. The van der Waals surface area contributed by atoms with Crippen LogP contribution in [0, 0.1) is 17.2 Å². The van der Waals surface area contributed by atoms with Crippen LogP contribution in [0.3, 0.4) is 0 Å². The molecule has 1 aliphatic heterocycles. The van der Waals surface area contributed by atoms with Gasteiger partial charge in [0.15, 0.2) is 0 Å².